The number of benzene rings is 3. The van der Waals surface area contributed by atoms with Crippen LogP contribution in [0.15, 0.2) is 96.4 Å². The van der Waals surface area contributed by atoms with E-state index in [4.69, 9.17) is 4.74 Å². The number of Topliss-reactive ketones (excluding diaryl/α,β-unsaturated/α-hetero) is 3. The Morgan fingerprint density at radius 1 is 0.895 bits per heavy atom. The Hall–Kier alpha value is -4.29. The molecule has 5 nitrogen and oxygen atoms in total. The maximum Gasteiger partial charge on any atom is 0.195 e. The first-order chi connectivity index (χ1) is 18.6. The van der Waals surface area contributed by atoms with Crippen LogP contribution in [0.5, 0.6) is 5.75 Å². The van der Waals surface area contributed by atoms with Crippen LogP contribution >= 0.6 is 11.3 Å². The van der Waals surface area contributed by atoms with Crippen molar-refractivity contribution in [1.82, 2.24) is 0 Å². The van der Waals surface area contributed by atoms with Crippen molar-refractivity contribution in [2.75, 3.05) is 12.0 Å². The molecule has 3 atom stereocenters. The number of nitrogens with zero attached hydrogens (tertiary/aromatic N) is 1. The maximum absolute atomic E-state index is 14.6. The second kappa shape index (κ2) is 8.36. The van der Waals surface area contributed by atoms with Gasteiger partial charge in [0, 0.05) is 22.7 Å². The fourth-order valence-electron chi connectivity index (χ4n) is 6.69. The van der Waals surface area contributed by atoms with Crippen molar-refractivity contribution >= 4 is 40.4 Å². The quantitative estimate of drug-likeness (QED) is 0.243. The number of ether oxygens (including phenoxy) is 1. The normalized spacial score (nSPS) is 22.3. The molecule has 7 rings (SSSR count). The molecule has 1 aliphatic carbocycles. The zero-order valence-corrected chi connectivity index (χ0v) is 21.4. The van der Waals surface area contributed by atoms with Gasteiger partial charge in [0.1, 0.15) is 17.2 Å². The molecule has 0 N–H and O–H groups in total. The number of thiophene rings is 1. The van der Waals surface area contributed by atoms with Gasteiger partial charge in [-0.1, -0.05) is 72.8 Å². The number of methoxy groups -OCH3 is 1. The standard InChI is InChI=1S/C32H23NO4S/c1-37-21-10-6-9-20(18-21)27-28(29(34)25-14-7-17-38-25)33-24-13-5-2-8-19(24)15-16-26(33)32(27)30(35)22-11-3-4-12-23(22)31(32)36/h2-18,26-28H,1H3/t26-,27+,28+/m0/s1. The van der Waals surface area contributed by atoms with Gasteiger partial charge in [0.15, 0.2) is 17.3 Å². The largest absolute Gasteiger partial charge is 0.497 e. The SMILES string of the molecule is COc1cccc([C@@H]2[C@H](C(=O)c3cccs3)N3c4ccccc4C=C[C@H]3C23C(=O)c2ccccc2C3=O)c1. The minimum Gasteiger partial charge on any atom is -0.497 e. The van der Waals surface area contributed by atoms with Crippen LogP contribution in [-0.2, 0) is 0 Å². The molecule has 3 heterocycles. The van der Waals surface area contributed by atoms with Gasteiger partial charge in [-0.3, -0.25) is 14.4 Å². The molecule has 0 bridgehead atoms. The highest BCUT2D eigenvalue weighted by Crippen LogP contribution is 2.61. The molecule has 0 amide bonds. The lowest BCUT2D eigenvalue weighted by molar-refractivity contribution is 0.0666. The summed E-state index contributed by atoms with van der Waals surface area (Å²) in [6.07, 6.45) is 3.92. The van der Waals surface area contributed by atoms with Crippen molar-refractivity contribution in [2.45, 2.75) is 18.0 Å². The molecule has 1 spiro atoms. The van der Waals surface area contributed by atoms with Crippen molar-refractivity contribution < 1.29 is 19.1 Å². The van der Waals surface area contributed by atoms with Gasteiger partial charge in [0.2, 0.25) is 0 Å². The molecule has 1 saturated heterocycles. The predicted molar refractivity (Wildman–Crippen MR) is 147 cm³/mol. The summed E-state index contributed by atoms with van der Waals surface area (Å²) < 4.78 is 5.54. The maximum atomic E-state index is 14.6. The highest BCUT2D eigenvalue weighted by atomic mass is 32.1. The molecule has 186 valence electrons. The van der Waals surface area contributed by atoms with E-state index in [-0.39, 0.29) is 17.3 Å². The molecule has 0 unspecified atom stereocenters. The Balaban J connectivity index is 1.56. The molecule has 3 aliphatic rings. The second-order valence-electron chi connectivity index (χ2n) is 9.88. The minimum atomic E-state index is -1.50. The average molecular weight is 518 g/mol. The Kier molecular flexibility index (Phi) is 5.03. The van der Waals surface area contributed by atoms with E-state index in [0.29, 0.717) is 21.8 Å². The van der Waals surface area contributed by atoms with Gasteiger partial charge < -0.3 is 9.64 Å². The van der Waals surface area contributed by atoms with E-state index >= 15 is 0 Å². The number of hydrogen-bond acceptors (Lipinski definition) is 6. The lowest BCUT2D eigenvalue weighted by atomic mass is 9.64. The highest BCUT2D eigenvalue weighted by molar-refractivity contribution is 7.12. The average Bonchev–Trinajstić information content (AvgIpc) is 3.66. The first-order valence-corrected chi connectivity index (χ1v) is 13.4. The predicted octanol–water partition coefficient (Wildman–Crippen LogP) is 6.07. The Morgan fingerprint density at radius 2 is 1.63 bits per heavy atom. The molecule has 38 heavy (non-hydrogen) atoms. The zero-order valence-electron chi connectivity index (χ0n) is 20.5. The van der Waals surface area contributed by atoms with Crippen molar-refractivity contribution in [3.05, 3.63) is 124 Å². The van der Waals surface area contributed by atoms with Crippen LogP contribution in [0.4, 0.5) is 5.69 Å². The van der Waals surface area contributed by atoms with Crippen LogP contribution in [0.2, 0.25) is 0 Å². The molecule has 1 aromatic heterocycles. The van der Waals surface area contributed by atoms with Gasteiger partial charge >= 0.3 is 0 Å². The summed E-state index contributed by atoms with van der Waals surface area (Å²) in [7, 11) is 1.59. The lowest BCUT2D eigenvalue weighted by Gasteiger charge is -2.37. The molecule has 4 aromatic rings. The number of rotatable bonds is 4. The Morgan fingerprint density at radius 3 is 2.34 bits per heavy atom. The molecule has 0 saturated carbocycles. The summed E-state index contributed by atoms with van der Waals surface area (Å²) >= 11 is 1.37. The van der Waals surface area contributed by atoms with Crippen LogP contribution < -0.4 is 9.64 Å². The molecule has 0 radical (unpaired) electrons. The molecule has 6 heteroatoms. The van der Waals surface area contributed by atoms with Crippen molar-refractivity contribution in [3.63, 3.8) is 0 Å². The summed E-state index contributed by atoms with van der Waals surface area (Å²) in [5, 5.41) is 1.88. The van der Waals surface area contributed by atoms with Crippen molar-refractivity contribution in [2.24, 2.45) is 5.41 Å². The molecular formula is C32H23NO4S. The number of carbonyl (C=O) groups is 3. The van der Waals surface area contributed by atoms with Crippen LogP contribution in [0, 0.1) is 5.41 Å². The van der Waals surface area contributed by atoms with Gasteiger partial charge in [-0.05, 0) is 40.8 Å². The first kappa shape index (κ1) is 22.9. The van der Waals surface area contributed by atoms with E-state index in [2.05, 4.69) is 0 Å². The van der Waals surface area contributed by atoms with Gasteiger partial charge in [-0.2, -0.15) is 0 Å². The fourth-order valence-corrected chi connectivity index (χ4v) is 7.39. The summed E-state index contributed by atoms with van der Waals surface area (Å²) in [6.45, 7) is 0. The van der Waals surface area contributed by atoms with E-state index < -0.39 is 23.4 Å². The van der Waals surface area contributed by atoms with Gasteiger partial charge in [-0.15, -0.1) is 11.3 Å². The summed E-state index contributed by atoms with van der Waals surface area (Å²) in [4.78, 5) is 46.2. The number of fused-ring (bicyclic) bond motifs is 5. The smallest absolute Gasteiger partial charge is 0.195 e. The summed E-state index contributed by atoms with van der Waals surface area (Å²) in [5.41, 5.74) is 1.86. The number of para-hydroxylation sites is 1. The Labute approximate surface area is 224 Å². The third-order valence-corrected chi connectivity index (χ3v) is 9.08. The monoisotopic (exact) mass is 517 g/mol. The number of carbonyl (C=O) groups excluding carboxylic acids is 3. The van der Waals surface area contributed by atoms with Crippen molar-refractivity contribution in [1.29, 1.82) is 0 Å². The van der Waals surface area contributed by atoms with Crippen LogP contribution in [0.25, 0.3) is 6.08 Å². The third-order valence-electron chi connectivity index (χ3n) is 8.20. The number of ketones is 3. The topological polar surface area (TPSA) is 63.7 Å². The lowest BCUT2D eigenvalue weighted by Crippen LogP contribution is -2.48. The Bertz CT molecular complexity index is 1620. The van der Waals surface area contributed by atoms with Crippen molar-refractivity contribution in [3.8, 4) is 5.75 Å². The van der Waals surface area contributed by atoms with Gasteiger partial charge in [-0.25, -0.2) is 0 Å². The second-order valence-corrected chi connectivity index (χ2v) is 10.8. The molecule has 1 fully saturated rings. The van der Waals surface area contributed by atoms with E-state index in [1.165, 1.54) is 11.3 Å². The highest BCUT2D eigenvalue weighted by Gasteiger charge is 2.71. The van der Waals surface area contributed by atoms with E-state index in [1.807, 2.05) is 83.1 Å². The van der Waals surface area contributed by atoms with Gasteiger partial charge in [0.25, 0.3) is 0 Å². The van der Waals surface area contributed by atoms with E-state index in [9.17, 15) is 14.4 Å². The molecule has 3 aromatic carbocycles. The third kappa shape index (κ3) is 2.89. The van der Waals surface area contributed by atoms with E-state index in [1.54, 1.807) is 31.4 Å². The van der Waals surface area contributed by atoms with Crippen LogP contribution in [0.1, 0.15) is 47.4 Å². The fraction of sp³-hybridized carbons (Fsp3) is 0.156. The minimum absolute atomic E-state index is 0.101. The van der Waals surface area contributed by atoms with E-state index in [0.717, 1.165) is 16.8 Å². The number of hydrogen-bond donors (Lipinski definition) is 0. The zero-order chi connectivity index (χ0) is 26.0. The number of anilines is 1. The first-order valence-electron chi connectivity index (χ1n) is 12.5. The summed E-state index contributed by atoms with van der Waals surface area (Å²) in [5.74, 6) is -0.689. The molecule has 2 aliphatic heterocycles. The van der Waals surface area contributed by atoms with Crippen LogP contribution in [-0.4, -0.2) is 36.5 Å². The molecular weight excluding hydrogens is 494 g/mol. The van der Waals surface area contributed by atoms with Gasteiger partial charge in [0.05, 0.1) is 18.0 Å². The van der Waals surface area contributed by atoms with Crippen LogP contribution in [0.3, 0.4) is 0 Å². The summed E-state index contributed by atoms with van der Waals surface area (Å²) in [6, 6.07) is 24.6.